The molecule has 0 aliphatic carbocycles. The van der Waals surface area contributed by atoms with E-state index in [1.54, 1.807) is 0 Å². The number of piperazine rings is 1. The number of H-pyrrole nitrogens is 2. The van der Waals surface area contributed by atoms with Crippen LogP contribution < -0.4 is 15.0 Å². The standard InChI is InChI=1S/C31H27N9O/c1-3-26-22(14-35-37-26)7-18(1)20-9-28-30(33-12-20)40(6-5-39-17-24-11-25(39)16-32-24)31-29(41-28)10-21(13-34-31)19-2-4-27-23(8-19)15-36-38-27/h1-4,7-10,12-15,24-25,32H,5-6,11,16-17H2,(H,35,37)(H,36,38)/t24-,25-/m0/s1. The van der Waals surface area contributed by atoms with Crippen LogP contribution in [0.1, 0.15) is 6.42 Å². The minimum atomic E-state index is 0.612. The number of fused-ring (bicyclic) bond motifs is 6. The number of nitrogens with one attached hydrogen (secondary N) is 3. The topological polar surface area (TPSA) is 111 Å². The molecule has 0 spiro atoms. The second-order valence-electron chi connectivity index (χ2n) is 11.2. The molecule has 2 aromatic carbocycles. The highest BCUT2D eigenvalue weighted by Crippen LogP contribution is 2.47. The van der Waals surface area contributed by atoms with Gasteiger partial charge in [0, 0.05) is 72.6 Å². The Hall–Kier alpha value is -4.80. The molecule has 3 N–H and O–H groups in total. The van der Waals surface area contributed by atoms with Crippen molar-refractivity contribution in [2.24, 2.45) is 0 Å². The van der Waals surface area contributed by atoms with E-state index in [9.17, 15) is 0 Å². The van der Waals surface area contributed by atoms with E-state index in [0.717, 1.165) is 93.4 Å². The molecular weight excluding hydrogens is 514 g/mol. The van der Waals surface area contributed by atoms with Gasteiger partial charge in [0.05, 0.1) is 23.4 Å². The Kier molecular flexibility index (Phi) is 4.96. The Morgan fingerprint density at radius 2 is 1.37 bits per heavy atom. The fourth-order valence-corrected chi connectivity index (χ4v) is 6.57. The lowest BCUT2D eigenvalue weighted by Crippen LogP contribution is -2.46. The van der Waals surface area contributed by atoms with Crippen molar-refractivity contribution in [3.05, 3.63) is 73.3 Å². The van der Waals surface area contributed by atoms with Gasteiger partial charge in [-0.15, -0.1) is 0 Å². The van der Waals surface area contributed by atoms with Crippen LogP contribution in [0.3, 0.4) is 0 Å². The zero-order valence-corrected chi connectivity index (χ0v) is 22.2. The van der Waals surface area contributed by atoms with Gasteiger partial charge in [0.25, 0.3) is 0 Å². The third-order valence-electron chi connectivity index (χ3n) is 8.72. The van der Waals surface area contributed by atoms with E-state index >= 15 is 0 Å². The van der Waals surface area contributed by atoms with Gasteiger partial charge in [-0.1, -0.05) is 12.1 Å². The maximum atomic E-state index is 6.57. The first-order valence-electron chi connectivity index (χ1n) is 14.1. The maximum Gasteiger partial charge on any atom is 0.177 e. The normalized spacial score (nSPS) is 19.6. The van der Waals surface area contributed by atoms with Gasteiger partial charge in [-0.2, -0.15) is 10.2 Å². The lowest BCUT2D eigenvalue weighted by atomic mass is 10.0. The summed E-state index contributed by atoms with van der Waals surface area (Å²) < 4.78 is 6.57. The smallest absolute Gasteiger partial charge is 0.177 e. The van der Waals surface area contributed by atoms with Crippen LogP contribution >= 0.6 is 0 Å². The summed E-state index contributed by atoms with van der Waals surface area (Å²) in [6.07, 6.45) is 8.78. The zero-order valence-electron chi connectivity index (χ0n) is 22.2. The Morgan fingerprint density at radius 3 is 1.93 bits per heavy atom. The molecule has 0 saturated carbocycles. The summed E-state index contributed by atoms with van der Waals surface area (Å²) >= 11 is 0. The molecule has 10 nitrogen and oxygen atoms in total. The second kappa shape index (κ2) is 8.85. The molecule has 3 aliphatic heterocycles. The van der Waals surface area contributed by atoms with Gasteiger partial charge in [0.2, 0.25) is 0 Å². The lowest BCUT2D eigenvalue weighted by Gasteiger charge is -2.34. The van der Waals surface area contributed by atoms with Crippen LogP contribution in [0.4, 0.5) is 11.6 Å². The minimum absolute atomic E-state index is 0.612. The molecule has 2 bridgehead atoms. The maximum absolute atomic E-state index is 6.57. The van der Waals surface area contributed by atoms with Crippen molar-refractivity contribution in [2.45, 2.75) is 18.5 Å². The Balaban J connectivity index is 1.10. The van der Waals surface area contributed by atoms with Crippen molar-refractivity contribution in [1.29, 1.82) is 0 Å². The average molecular weight is 542 g/mol. The number of nitrogens with zero attached hydrogens (tertiary/aromatic N) is 6. The largest absolute Gasteiger partial charge is 0.450 e. The SMILES string of the molecule is c1cc2[nH]ncc2cc1-c1cnc2c(c1)Oc1cc(-c3ccc4[nH]ncc4c3)cnc1N2CCN1C[C@@H]2C[C@H]1CN2. The van der Waals surface area contributed by atoms with Crippen molar-refractivity contribution in [2.75, 3.05) is 31.1 Å². The zero-order chi connectivity index (χ0) is 26.9. The molecular formula is C31H27N9O. The third-order valence-corrected chi connectivity index (χ3v) is 8.72. The molecule has 41 heavy (non-hydrogen) atoms. The van der Waals surface area contributed by atoms with Gasteiger partial charge in [-0.25, -0.2) is 9.97 Å². The van der Waals surface area contributed by atoms with E-state index in [2.05, 4.69) is 71.9 Å². The Bertz CT molecular complexity index is 1820. The fourth-order valence-electron chi connectivity index (χ4n) is 6.57. The summed E-state index contributed by atoms with van der Waals surface area (Å²) in [7, 11) is 0. The van der Waals surface area contributed by atoms with Crippen molar-refractivity contribution in [1.82, 2.24) is 40.6 Å². The molecule has 3 aliphatic rings. The number of aromatic nitrogens is 6. The predicted molar refractivity (Wildman–Crippen MR) is 157 cm³/mol. The van der Waals surface area contributed by atoms with E-state index in [0.29, 0.717) is 12.1 Å². The number of benzene rings is 2. The first kappa shape index (κ1) is 23.0. The molecule has 2 fully saturated rings. The van der Waals surface area contributed by atoms with Gasteiger partial charge < -0.3 is 15.0 Å². The lowest BCUT2D eigenvalue weighted by molar-refractivity contribution is 0.231. The van der Waals surface area contributed by atoms with E-state index < -0.39 is 0 Å². The number of ether oxygens (including phenoxy) is 1. The summed E-state index contributed by atoms with van der Waals surface area (Å²) in [5, 5.41) is 20.1. The van der Waals surface area contributed by atoms with Gasteiger partial charge in [-0.05, 0) is 53.9 Å². The summed E-state index contributed by atoms with van der Waals surface area (Å²) in [6.45, 7) is 3.91. The van der Waals surface area contributed by atoms with E-state index in [1.165, 1.54) is 6.42 Å². The van der Waals surface area contributed by atoms with E-state index in [-0.39, 0.29) is 0 Å². The van der Waals surface area contributed by atoms with Crippen LogP contribution in [0.2, 0.25) is 0 Å². The molecule has 7 heterocycles. The fraction of sp³-hybridized carbons (Fsp3) is 0.226. The number of hydrogen-bond donors (Lipinski definition) is 3. The molecule has 0 radical (unpaired) electrons. The number of rotatable bonds is 5. The molecule has 10 heteroatoms. The first-order valence-corrected chi connectivity index (χ1v) is 14.1. The molecule has 9 rings (SSSR count). The van der Waals surface area contributed by atoms with Crippen LogP contribution in [0.5, 0.6) is 11.5 Å². The van der Waals surface area contributed by atoms with Crippen LogP contribution in [0.15, 0.2) is 73.3 Å². The molecule has 0 amide bonds. The van der Waals surface area contributed by atoms with Crippen LogP contribution in [0, 0.1) is 0 Å². The third kappa shape index (κ3) is 3.79. The Labute approximate surface area is 235 Å². The first-order chi connectivity index (χ1) is 20.2. The van der Waals surface area contributed by atoms with Crippen molar-refractivity contribution in [3.8, 4) is 33.8 Å². The molecule has 2 saturated heterocycles. The minimum Gasteiger partial charge on any atom is -0.450 e. The van der Waals surface area contributed by atoms with E-state index in [1.807, 2.05) is 36.9 Å². The highest BCUT2D eigenvalue weighted by Gasteiger charge is 2.38. The summed E-state index contributed by atoms with van der Waals surface area (Å²) in [6, 6.07) is 17.9. The number of aromatic amines is 2. The van der Waals surface area contributed by atoms with Gasteiger partial charge >= 0.3 is 0 Å². The summed E-state index contributed by atoms with van der Waals surface area (Å²) in [4.78, 5) is 14.7. The van der Waals surface area contributed by atoms with Crippen LogP contribution in [-0.4, -0.2) is 73.5 Å². The highest BCUT2D eigenvalue weighted by molar-refractivity contribution is 5.86. The molecule has 4 aromatic heterocycles. The van der Waals surface area contributed by atoms with Crippen LogP contribution in [-0.2, 0) is 0 Å². The monoisotopic (exact) mass is 541 g/mol. The second-order valence-corrected chi connectivity index (χ2v) is 11.2. The van der Waals surface area contributed by atoms with Crippen molar-refractivity contribution in [3.63, 3.8) is 0 Å². The average Bonchev–Trinajstić information content (AvgIpc) is 3.83. The van der Waals surface area contributed by atoms with Crippen molar-refractivity contribution < 1.29 is 4.74 Å². The number of likely N-dealkylation sites (tertiary alicyclic amines) is 1. The summed E-state index contributed by atoms with van der Waals surface area (Å²) in [5.74, 6) is 3.06. The number of pyridine rings is 2. The van der Waals surface area contributed by atoms with Gasteiger partial charge in [-0.3, -0.25) is 15.1 Å². The summed E-state index contributed by atoms with van der Waals surface area (Å²) in [5.41, 5.74) is 6.13. The Morgan fingerprint density at radius 1 is 0.732 bits per heavy atom. The number of hydrogen-bond acceptors (Lipinski definition) is 8. The predicted octanol–water partition coefficient (Wildman–Crippen LogP) is 4.85. The van der Waals surface area contributed by atoms with Gasteiger partial charge in [0.1, 0.15) is 0 Å². The molecule has 202 valence electrons. The molecule has 6 aromatic rings. The quantitative estimate of drug-likeness (QED) is 0.284. The highest BCUT2D eigenvalue weighted by atomic mass is 16.5. The molecule has 2 atom stereocenters. The van der Waals surface area contributed by atoms with E-state index in [4.69, 9.17) is 14.7 Å². The van der Waals surface area contributed by atoms with Gasteiger partial charge in [0.15, 0.2) is 23.1 Å². The molecule has 0 unspecified atom stereocenters. The van der Waals surface area contributed by atoms with Crippen LogP contribution in [0.25, 0.3) is 44.1 Å². The number of anilines is 2. The van der Waals surface area contributed by atoms with Crippen molar-refractivity contribution >= 4 is 33.4 Å².